The zero-order chi connectivity index (χ0) is 19.4. The van der Waals surface area contributed by atoms with Crippen molar-refractivity contribution in [2.24, 2.45) is 0 Å². The van der Waals surface area contributed by atoms with Crippen molar-refractivity contribution in [3.63, 3.8) is 0 Å². The van der Waals surface area contributed by atoms with Gasteiger partial charge in [-0.1, -0.05) is 41.9 Å². The number of aryl methyl sites for hydroxylation is 2. The first-order chi connectivity index (χ1) is 12.9. The summed E-state index contributed by atoms with van der Waals surface area (Å²) in [6.45, 7) is 10.2. The number of carbonyl (C=O) groups is 1. The monoisotopic (exact) mass is 385 g/mol. The summed E-state index contributed by atoms with van der Waals surface area (Å²) in [5.74, 6) is 0.0759. The number of benzene rings is 2. The normalized spacial score (nSPS) is 16.2. The van der Waals surface area contributed by atoms with Gasteiger partial charge in [-0.25, -0.2) is 0 Å². The highest BCUT2D eigenvalue weighted by atomic mass is 35.5. The van der Waals surface area contributed by atoms with E-state index in [4.69, 9.17) is 11.6 Å². The van der Waals surface area contributed by atoms with Gasteiger partial charge in [0.15, 0.2) is 0 Å². The first-order valence-corrected chi connectivity index (χ1v) is 9.90. The maximum atomic E-state index is 12.5. The van der Waals surface area contributed by atoms with Gasteiger partial charge in [-0.15, -0.1) is 0 Å². The number of anilines is 1. The third-order valence-corrected chi connectivity index (χ3v) is 5.66. The molecule has 1 N–H and O–H groups in total. The van der Waals surface area contributed by atoms with Gasteiger partial charge in [0, 0.05) is 26.2 Å². The fourth-order valence-electron chi connectivity index (χ4n) is 3.46. The summed E-state index contributed by atoms with van der Waals surface area (Å²) < 4.78 is 0. The Labute approximate surface area is 167 Å². The number of hydrogen-bond acceptors (Lipinski definition) is 3. The number of hydrogen-bond donors (Lipinski definition) is 1. The summed E-state index contributed by atoms with van der Waals surface area (Å²) in [5, 5.41) is 3.91. The average Bonchev–Trinajstić information content (AvgIpc) is 2.65. The van der Waals surface area contributed by atoms with Gasteiger partial charge in [0.05, 0.1) is 23.3 Å². The Hall–Kier alpha value is -2.04. The summed E-state index contributed by atoms with van der Waals surface area (Å²) in [4.78, 5) is 17.0. The lowest BCUT2D eigenvalue weighted by molar-refractivity contribution is -0.123. The highest BCUT2D eigenvalue weighted by Crippen LogP contribution is 2.26. The van der Waals surface area contributed by atoms with Crippen LogP contribution < -0.4 is 10.2 Å². The van der Waals surface area contributed by atoms with E-state index in [0.717, 1.165) is 42.5 Å². The molecule has 0 spiro atoms. The third-order valence-electron chi connectivity index (χ3n) is 5.34. The molecule has 2 aromatic carbocycles. The van der Waals surface area contributed by atoms with Crippen LogP contribution in [0, 0.1) is 13.8 Å². The van der Waals surface area contributed by atoms with Crippen LogP contribution in [0.2, 0.25) is 5.02 Å². The van der Waals surface area contributed by atoms with E-state index < -0.39 is 0 Å². The molecule has 1 aliphatic heterocycles. The third kappa shape index (κ3) is 5.02. The summed E-state index contributed by atoms with van der Waals surface area (Å²) in [6, 6.07) is 14.3. The zero-order valence-electron chi connectivity index (χ0n) is 16.3. The average molecular weight is 386 g/mol. The van der Waals surface area contributed by atoms with Crippen LogP contribution in [0.4, 0.5) is 5.69 Å². The SMILES string of the molecule is Cc1ccc([C@@H](C)NC(=O)CN2CCN(c3ccccc3Cl)CC2)cc1C. The number of halogens is 1. The molecule has 1 aliphatic rings. The second-order valence-electron chi connectivity index (χ2n) is 7.35. The number of amides is 1. The maximum absolute atomic E-state index is 12.5. The number of piperazine rings is 1. The molecule has 0 saturated carbocycles. The second kappa shape index (κ2) is 8.77. The number of nitrogens with one attached hydrogen (secondary N) is 1. The highest BCUT2D eigenvalue weighted by Gasteiger charge is 2.21. The van der Waals surface area contributed by atoms with E-state index in [2.05, 4.69) is 53.2 Å². The van der Waals surface area contributed by atoms with Crippen molar-refractivity contribution >= 4 is 23.2 Å². The lowest BCUT2D eigenvalue weighted by atomic mass is 10.0. The first kappa shape index (κ1) is 19.7. The van der Waals surface area contributed by atoms with Crippen LogP contribution in [0.1, 0.15) is 29.7 Å². The molecular formula is C22H28ClN3O. The fourth-order valence-corrected chi connectivity index (χ4v) is 3.72. The Morgan fingerprint density at radius 3 is 2.44 bits per heavy atom. The number of rotatable bonds is 5. The second-order valence-corrected chi connectivity index (χ2v) is 7.75. The van der Waals surface area contributed by atoms with Gasteiger partial charge >= 0.3 is 0 Å². The molecule has 2 aromatic rings. The molecule has 144 valence electrons. The summed E-state index contributed by atoms with van der Waals surface area (Å²) in [5.41, 5.74) is 4.75. The van der Waals surface area contributed by atoms with Crippen LogP contribution in [0.3, 0.4) is 0 Å². The quantitative estimate of drug-likeness (QED) is 0.846. The molecule has 0 aromatic heterocycles. The minimum Gasteiger partial charge on any atom is -0.368 e. The summed E-state index contributed by atoms with van der Waals surface area (Å²) in [7, 11) is 0. The van der Waals surface area contributed by atoms with Crippen LogP contribution in [0.25, 0.3) is 0 Å². The van der Waals surface area contributed by atoms with Crippen LogP contribution >= 0.6 is 11.6 Å². The topological polar surface area (TPSA) is 35.6 Å². The van der Waals surface area contributed by atoms with Crippen molar-refractivity contribution < 1.29 is 4.79 Å². The zero-order valence-corrected chi connectivity index (χ0v) is 17.1. The molecule has 0 bridgehead atoms. The van der Waals surface area contributed by atoms with Crippen molar-refractivity contribution in [1.29, 1.82) is 0 Å². The minimum atomic E-state index is 0.0150. The lowest BCUT2D eigenvalue weighted by Gasteiger charge is -2.36. The van der Waals surface area contributed by atoms with Gasteiger partial charge in [-0.3, -0.25) is 9.69 Å². The highest BCUT2D eigenvalue weighted by molar-refractivity contribution is 6.33. The predicted molar refractivity (Wildman–Crippen MR) is 113 cm³/mol. The molecule has 1 saturated heterocycles. The largest absolute Gasteiger partial charge is 0.368 e. The Morgan fingerprint density at radius 2 is 1.78 bits per heavy atom. The molecule has 27 heavy (non-hydrogen) atoms. The fraction of sp³-hybridized carbons (Fsp3) is 0.409. The first-order valence-electron chi connectivity index (χ1n) is 9.52. The molecule has 0 unspecified atom stereocenters. The van der Waals surface area contributed by atoms with Gasteiger partial charge in [-0.05, 0) is 49.6 Å². The van der Waals surface area contributed by atoms with Crippen LogP contribution in [0.15, 0.2) is 42.5 Å². The Bertz CT molecular complexity index is 800. The van der Waals surface area contributed by atoms with Crippen LogP contribution in [-0.4, -0.2) is 43.5 Å². The molecule has 3 rings (SSSR count). The van der Waals surface area contributed by atoms with Gasteiger partial charge in [0.25, 0.3) is 0 Å². The van der Waals surface area contributed by atoms with Crippen molar-refractivity contribution in [3.05, 3.63) is 64.2 Å². The predicted octanol–water partition coefficient (Wildman–Crippen LogP) is 3.96. The molecule has 4 nitrogen and oxygen atoms in total. The van der Waals surface area contributed by atoms with Crippen molar-refractivity contribution in [2.45, 2.75) is 26.8 Å². The molecule has 0 radical (unpaired) electrons. The van der Waals surface area contributed by atoms with E-state index in [-0.39, 0.29) is 11.9 Å². The molecule has 1 atom stereocenters. The Morgan fingerprint density at radius 1 is 1.07 bits per heavy atom. The van der Waals surface area contributed by atoms with E-state index in [1.807, 2.05) is 25.1 Å². The molecular weight excluding hydrogens is 358 g/mol. The van der Waals surface area contributed by atoms with Gasteiger partial charge in [0.1, 0.15) is 0 Å². The maximum Gasteiger partial charge on any atom is 0.234 e. The smallest absolute Gasteiger partial charge is 0.234 e. The van der Waals surface area contributed by atoms with E-state index in [1.54, 1.807) is 0 Å². The molecule has 1 fully saturated rings. The van der Waals surface area contributed by atoms with Crippen LogP contribution in [0.5, 0.6) is 0 Å². The van der Waals surface area contributed by atoms with Crippen molar-refractivity contribution in [3.8, 4) is 0 Å². The van der Waals surface area contributed by atoms with Crippen molar-refractivity contribution in [1.82, 2.24) is 10.2 Å². The number of carbonyl (C=O) groups excluding carboxylic acids is 1. The molecule has 1 heterocycles. The number of para-hydroxylation sites is 1. The molecule has 0 aliphatic carbocycles. The Kier molecular flexibility index (Phi) is 6.40. The summed E-state index contributed by atoms with van der Waals surface area (Å²) in [6.07, 6.45) is 0. The lowest BCUT2D eigenvalue weighted by Crippen LogP contribution is -2.49. The minimum absolute atomic E-state index is 0.0150. The van der Waals surface area contributed by atoms with E-state index in [0.29, 0.717) is 6.54 Å². The van der Waals surface area contributed by atoms with E-state index in [9.17, 15) is 4.79 Å². The summed E-state index contributed by atoms with van der Waals surface area (Å²) >= 11 is 6.30. The van der Waals surface area contributed by atoms with Gasteiger partial charge in [-0.2, -0.15) is 0 Å². The Balaban J connectivity index is 1.49. The van der Waals surface area contributed by atoms with Gasteiger partial charge < -0.3 is 10.2 Å². The van der Waals surface area contributed by atoms with Crippen molar-refractivity contribution in [2.75, 3.05) is 37.6 Å². The van der Waals surface area contributed by atoms with E-state index >= 15 is 0 Å². The molecule has 1 amide bonds. The van der Waals surface area contributed by atoms with E-state index in [1.165, 1.54) is 11.1 Å². The van der Waals surface area contributed by atoms with Gasteiger partial charge in [0.2, 0.25) is 5.91 Å². The number of nitrogens with zero attached hydrogens (tertiary/aromatic N) is 2. The van der Waals surface area contributed by atoms with Crippen LogP contribution in [-0.2, 0) is 4.79 Å². The molecule has 5 heteroatoms. The standard InChI is InChI=1S/C22H28ClN3O/c1-16-8-9-19(14-17(16)2)18(3)24-22(27)15-25-10-12-26(13-11-25)21-7-5-4-6-20(21)23/h4-9,14,18H,10-13,15H2,1-3H3,(H,24,27)/t18-/m1/s1.